The predicted molar refractivity (Wildman–Crippen MR) is 39.7 cm³/mol. The van der Waals surface area contributed by atoms with Gasteiger partial charge in [-0.25, -0.2) is 8.78 Å². The van der Waals surface area contributed by atoms with Crippen LogP contribution in [0.15, 0.2) is 0 Å². The molecule has 0 aromatic carbocycles. The van der Waals surface area contributed by atoms with Crippen molar-refractivity contribution in [2.45, 2.75) is 38.8 Å². The van der Waals surface area contributed by atoms with Crippen molar-refractivity contribution in [1.29, 1.82) is 0 Å². The first-order chi connectivity index (χ1) is 5.07. The summed E-state index contributed by atoms with van der Waals surface area (Å²) in [4.78, 5) is 0. The molecule has 2 unspecified atom stereocenters. The second-order valence-corrected chi connectivity index (χ2v) is 2.50. The number of hydrogen-bond acceptors (Lipinski definition) is 2. The highest BCUT2D eigenvalue weighted by atomic mass is 19.3. The molecule has 0 heterocycles. The van der Waals surface area contributed by atoms with Gasteiger partial charge < -0.3 is 10.5 Å². The van der Waals surface area contributed by atoms with Crippen LogP contribution in [0.25, 0.3) is 0 Å². The van der Waals surface area contributed by atoms with Crippen LogP contribution in [-0.2, 0) is 4.74 Å². The molecule has 0 amide bonds. The van der Waals surface area contributed by atoms with Gasteiger partial charge >= 0.3 is 0 Å². The molecule has 0 bridgehead atoms. The highest BCUT2D eigenvalue weighted by Gasteiger charge is 2.12. The first-order valence-corrected chi connectivity index (χ1v) is 3.73. The molecule has 0 aromatic heterocycles. The van der Waals surface area contributed by atoms with Gasteiger partial charge in [-0.3, -0.25) is 0 Å². The lowest BCUT2D eigenvalue weighted by atomic mass is 10.1. The third-order valence-electron chi connectivity index (χ3n) is 1.56. The number of nitrogens with two attached hydrogens (primary N) is 1. The van der Waals surface area contributed by atoms with Crippen molar-refractivity contribution >= 4 is 0 Å². The third kappa shape index (κ3) is 5.09. The van der Waals surface area contributed by atoms with Crippen molar-refractivity contribution in [3.8, 4) is 0 Å². The van der Waals surface area contributed by atoms with Crippen LogP contribution in [0.2, 0.25) is 0 Å². The van der Waals surface area contributed by atoms with E-state index in [4.69, 9.17) is 10.5 Å². The number of ether oxygens (including phenoxy) is 1. The average Bonchev–Trinajstić information content (AvgIpc) is 1.98. The van der Waals surface area contributed by atoms with Gasteiger partial charge in [0.05, 0.1) is 6.10 Å². The van der Waals surface area contributed by atoms with Gasteiger partial charge in [0.15, 0.2) is 0 Å². The quantitative estimate of drug-likeness (QED) is 0.671. The van der Waals surface area contributed by atoms with Crippen molar-refractivity contribution in [1.82, 2.24) is 0 Å². The zero-order valence-corrected chi connectivity index (χ0v) is 6.89. The molecule has 0 aliphatic carbocycles. The van der Waals surface area contributed by atoms with Gasteiger partial charge in [0.1, 0.15) is 6.61 Å². The standard InChI is InChI=1S/C7H15F2NO/c1-3-6(10)5(2)11-4-7(8)9/h5-7H,3-4,10H2,1-2H3. The Morgan fingerprint density at radius 1 is 1.45 bits per heavy atom. The van der Waals surface area contributed by atoms with E-state index in [2.05, 4.69) is 0 Å². The average molecular weight is 167 g/mol. The maximum Gasteiger partial charge on any atom is 0.261 e. The van der Waals surface area contributed by atoms with Gasteiger partial charge in [-0.1, -0.05) is 6.92 Å². The van der Waals surface area contributed by atoms with E-state index in [0.29, 0.717) is 0 Å². The fourth-order valence-corrected chi connectivity index (χ4v) is 0.680. The Labute approximate surface area is 65.7 Å². The summed E-state index contributed by atoms with van der Waals surface area (Å²) < 4.78 is 28.0. The Hall–Kier alpha value is -0.220. The highest BCUT2D eigenvalue weighted by Crippen LogP contribution is 2.02. The van der Waals surface area contributed by atoms with Crippen molar-refractivity contribution in [2.75, 3.05) is 6.61 Å². The van der Waals surface area contributed by atoms with E-state index in [-0.39, 0.29) is 12.1 Å². The van der Waals surface area contributed by atoms with Crippen molar-refractivity contribution in [2.24, 2.45) is 5.73 Å². The van der Waals surface area contributed by atoms with Crippen LogP contribution in [0.4, 0.5) is 8.78 Å². The van der Waals surface area contributed by atoms with E-state index in [0.717, 1.165) is 6.42 Å². The van der Waals surface area contributed by atoms with Crippen LogP contribution in [0.5, 0.6) is 0 Å². The van der Waals surface area contributed by atoms with E-state index in [1.54, 1.807) is 6.92 Å². The summed E-state index contributed by atoms with van der Waals surface area (Å²) in [6, 6.07) is -0.145. The van der Waals surface area contributed by atoms with Crippen molar-refractivity contribution < 1.29 is 13.5 Å². The number of rotatable bonds is 5. The van der Waals surface area contributed by atoms with E-state index < -0.39 is 13.0 Å². The Bertz CT molecular complexity index is 100. The molecule has 0 fully saturated rings. The second kappa shape index (κ2) is 5.43. The summed E-state index contributed by atoms with van der Waals surface area (Å²) in [7, 11) is 0. The largest absolute Gasteiger partial charge is 0.371 e. The lowest BCUT2D eigenvalue weighted by Crippen LogP contribution is -2.34. The minimum atomic E-state index is -2.40. The van der Waals surface area contributed by atoms with Crippen LogP contribution in [0, 0.1) is 0 Å². The molecule has 0 rings (SSSR count). The maximum atomic E-state index is 11.6. The maximum absolute atomic E-state index is 11.6. The Morgan fingerprint density at radius 3 is 2.36 bits per heavy atom. The van der Waals surface area contributed by atoms with Crippen LogP contribution < -0.4 is 5.73 Å². The molecule has 0 spiro atoms. The molecule has 2 atom stereocenters. The molecule has 0 saturated carbocycles. The summed E-state index contributed by atoms with van der Waals surface area (Å²) in [6.07, 6.45) is -1.94. The molecule has 0 aromatic rings. The summed E-state index contributed by atoms with van der Waals surface area (Å²) in [5, 5.41) is 0. The highest BCUT2D eigenvalue weighted by molar-refractivity contribution is 4.66. The minimum absolute atomic E-state index is 0.145. The van der Waals surface area contributed by atoms with Crippen molar-refractivity contribution in [3.63, 3.8) is 0 Å². The zero-order valence-electron chi connectivity index (χ0n) is 6.89. The van der Waals surface area contributed by atoms with Gasteiger partial charge in [-0.15, -0.1) is 0 Å². The number of halogens is 2. The smallest absolute Gasteiger partial charge is 0.261 e. The zero-order chi connectivity index (χ0) is 8.85. The van der Waals surface area contributed by atoms with Gasteiger partial charge in [0, 0.05) is 6.04 Å². The lowest BCUT2D eigenvalue weighted by Gasteiger charge is -2.18. The van der Waals surface area contributed by atoms with E-state index in [1.165, 1.54) is 0 Å². The molecule has 11 heavy (non-hydrogen) atoms. The number of hydrogen-bond donors (Lipinski definition) is 1. The monoisotopic (exact) mass is 167 g/mol. The first-order valence-electron chi connectivity index (χ1n) is 3.73. The fourth-order valence-electron chi connectivity index (χ4n) is 0.680. The first kappa shape index (κ1) is 10.8. The summed E-state index contributed by atoms with van der Waals surface area (Å²) in [5.74, 6) is 0. The Morgan fingerprint density at radius 2 is 2.00 bits per heavy atom. The number of alkyl halides is 2. The van der Waals surface area contributed by atoms with Crippen LogP contribution in [0.1, 0.15) is 20.3 Å². The van der Waals surface area contributed by atoms with Gasteiger partial charge in [-0.2, -0.15) is 0 Å². The summed E-state index contributed by atoms with van der Waals surface area (Å²) >= 11 is 0. The van der Waals surface area contributed by atoms with E-state index in [1.807, 2.05) is 6.92 Å². The Balaban J connectivity index is 3.43. The Kier molecular flexibility index (Phi) is 5.32. The lowest BCUT2D eigenvalue weighted by molar-refractivity contribution is -0.0260. The molecule has 4 heteroatoms. The minimum Gasteiger partial charge on any atom is -0.371 e. The normalized spacial score (nSPS) is 16.9. The topological polar surface area (TPSA) is 35.2 Å². The van der Waals surface area contributed by atoms with Gasteiger partial charge in [0.25, 0.3) is 6.43 Å². The van der Waals surface area contributed by atoms with E-state index in [9.17, 15) is 8.78 Å². The summed E-state index contributed by atoms with van der Waals surface area (Å²) in [5.41, 5.74) is 5.53. The molecule has 68 valence electrons. The van der Waals surface area contributed by atoms with Gasteiger partial charge in [-0.05, 0) is 13.3 Å². The van der Waals surface area contributed by atoms with Gasteiger partial charge in [0.2, 0.25) is 0 Å². The predicted octanol–water partition coefficient (Wildman–Crippen LogP) is 1.39. The third-order valence-corrected chi connectivity index (χ3v) is 1.56. The SMILES string of the molecule is CCC(N)C(C)OCC(F)F. The molecule has 0 radical (unpaired) electrons. The molecule has 2 nitrogen and oxygen atoms in total. The molecular formula is C7H15F2NO. The second-order valence-electron chi connectivity index (χ2n) is 2.50. The molecular weight excluding hydrogens is 152 g/mol. The molecule has 0 aliphatic heterocycles. The van der Waals surface area contributed by atoms with Crippen molar-refractivity contribution in [3.05, 3.63) is 0 Å². The molecule has 0 aliphatic rings. The van der Waals surface area contributed by atoms with Crippen LogP contribution in [0.3, 0.4) is 0 Å². The molecule has 0 saturated heterocycles. The van der Waals surface area contributed by atoms with E-state index >= 15 is 0 Å². The fraction of sp³-hybridized carbons (Fsp3) is 1.00. The molecule has 2 N–H and O–H groups in total. The van der Waals surface area contributed by atoms with Crippen LogP contribution in [-0.4, -0.2) is 25.2 Å². The van der Waals surface area contributed by atoms with Crippen LogP contribution >= 0.6 is 0 Å². The summed E-state index contributed by atoms with van der Waals surface area (Å²) in [6.45, 7) is 3.08.